The molecular formula is C16H22N2O3. The molecule has 0 aliphatic carbocycles. The molecule has 0 saturated carbocycles. The second kappa shape index (κ2) is 6.56. The minimum atomic E-state index is 0.00788. The van der Waals surface area contributed by atoms with E-state index in [4.69, 9.17) is 15.2 Å². The van der Waals surface area contributed by atoms with Crippen LogP contribution in [-0.4, -0.2) is 49.3 Å². The Hall–Kier alpha value is -1.43. The van der Waals surface area contributed by atoms with E-state index in [2.05, 4.69) is 0 Å². The zero-order chi connectivity index (χ0) is 14.7. The van der Waals surface area contributed by atoms with Gasteiger partial charge >= 0.3 is 0 Å². The molecule has 0 radical (unpaired) electrons. The molecule has 2 fully saturated rings. The third kappa shape index (κ3) is 3.26. The van der Waals surface area contributed by atoms with Crippen LogP contribution in [0.15, 0.2) is 24.3 Å². The van der Waals surface area contributed by atoms with Crippen molar-refractivity contribution in [3.63, 3.8) is 0 Å². The fraction of sp³-hybridized carbons (Fsp3) is 0.562. The summed E-state index contributed by atoms with van der Waals surface area (Å²) in [6.07, 6.45) is 2.26. The lowest BCUT2D eigenvalue weighted by molar-refractivity contribution is -0.0867. The van der Waals surface area contributed by atoms with Crippen molar-refractivity contribution >= 4 is 5.91 Å². The smallest absolute Gasteiger partial charge is 0.254 e. The zero-order valence-corrected chi connectivity index (χ0v) is 12.2. The molecule has 2 aliphatic heterocycles. The van der Waals surface area contributed by atoms with Crippen LogP contribution in [0.4, 0.5) is 0 Å². The Morgan fingerprint density at radius 3 is 2.62 bits per heavy atom. The number of hydrogen-bond acceptors (Lipinski definition) is 4. The number of morpholine rings is 1. The summed E-state index contributed by atoms with van der Waals surface area (Å²) in [7, 11) is 0. The van der Waals surface area contributed by atoms with Crippen molar-refractivity contribution < 1.29 is 14.3 Å². The van der Waals surface area contributed by atoms with Crippen LogP contribution in [0.2, 0.25) is 0 Å². The number of benzene rings is 1. The van der Waals surface area contributed by atoms with Crippen molar-refractivity contribution in [3.8, 4) is 0 Å². The van der Waals surface area contributed by atoms with Crippen LogP contribution in [0.25, 0.3) is 0 Å². The highest BCUT2D eigenvalue weighted by Crippen LogP contribution is 2.22. The van der Waals surface area contributed by atoms with E-state index >= 15 is 0 Å². The van der Waals surface area contributed by atoms with Crippen LogP contribution in [0.1, 0.15) is 28.8 Å². The molecule has 0 spiro atoms. The SMILES string of the molecule is NCc1ccc(C(=O)N2CCOC(C3CCCO3)C2)cc1. The first kappa shape index (κ1) is 14.5. The first-order chi connectivity index (χ1) is 10.3. The van der Waals surface area contributed by atoms with Gasteiger partial charge in [-0.1, -0.05) is 12.1 Å². The number of amides is 1. The van der Waals surface area contributed by atoms with E-state index in [9.17, 15) is 4.79 Å². The molecule has 5 heteroatoms. The first-order valence-electron chi connectivity index (χ1n) is 7.59. The number of nitrogens with two attached hydrogens (primary N) is 1. The number of carbonyl (C=O) groups is 1. The predicted octanol–water partition coefficient (Wildman–Crippen LogP) is 1.17. The number of rotatable bonds is 3. The minimum Gasteiger partial charge on any atom is -0.375 e. The van der Waals surface area contributed by atoms with Crippen LogP contribution in [0.5, 0.6) is 0 Å². The van der Waals surface area contributed by atoms with Crippen molar-refractivity contribution in [1.29, 1.82) is 0 Å². The normalized spacial score (nSPS) is 26.0. The van der Waals surface area contributed by atoms with Gasteiger partial charge in [0.25, 0.3) is 5.91 Å². The van der Waals surface area contributed by atoms with Crippen molar-refractivity contribution in [2.24, 2.45) is 5.73 Å². The Bertz CT molecular complexity index is 483. The molecule has 3 rings (SSSR count). The summed E-state index contributed by atoms with van der Waals surface area (Å²) in [5, 5.41) is 0. The van der Waals surface area contributed by atoms with Crippen molar-refractivity contribution in [2.75, 3.05) is 26.3 Å². The second-order valence-corrected chi connectivity index (χ2v) is 5.61. The molecule has 5 nitrogen and oxygen atoms in total. The molecule has 2 aliphatic rings. The van der Waals surface area contributed by atoms with E-state index < -0.39 is 0 Å². The van der Waals surface area contributed by atoms with Crippen molar-refractivity contribution in [2.45, 2.75) is 31.6 Å². The summed E-state index contributed by atoms with van der Waals surface area (Å²) < 4.78 is 11.5. The van der Waals surface area contributed by atoms with Crippen molar-refractivity contribution in [3.05, 3.63) is 35.4 Å². The molecule has 2 atom stereocenters. The highest BCUT2D eigenvalue weighted by molar-refractivity contribution is 5.94. The molecule has 2 N–H and O–H groups in total. The van der Waals surface area contributed by atoms with E-state index in [1.807, 2.05) is 29.2 Å². The second-order valence-electron chi connectivity index (χ2n) is 5.61. The van der Waals surface area contributed by atoms with Crippen LogP contribution >= 0.6 is 0 Å². The quantitative estimate of drug-likeness (QED) is 0.907. The third-order valence-electron chi connectivity index (χ3n) is 4.20. The van der Waals surface area contributed by atoms with Crippen LogP contribution in [-0.2, 0) is 16.0 Å². The van der Waals surface area contributed by atoms with Gasteiger partial charge in [-0.05, 0) is 30.5 Å². The van der Waals surface area contributed by atoms with Gasteiger partial charge < -0.3 is 20.1 Å². The molecule has 0 bridgehead atoms. The molecule has 1 aromatic rings. The van der Waals surface area contributed by atoms with Crippen LogP contribution in [0.3, 0.4) is 0 Å². The van der Waals surface area contributed by atoms with E-state index in [1.54, 1.807) is 0 Å². The monoisotopic (exact) mass is 290 g/mol. The van der Waals surface area contributed by atoms with E-state index in [0.29, 0.717) is 31.8 Å². The molecule has 2 saturated heterocycles. The summed E-state index contributed by atoms with van der Waals surface area (Å²) >= 11 is 0. The van der Waals surface area contributed by atoms with Gasteiger partial charge in [-0.2, -0.15) is 0 Å². The summed E-state index contributed by atoms with van der Waals surface area (Å²) in [6, 6.07) is 7.51. The molecule has 114 valence electrons. The molecule has 1 aromatic carbocycles. The standard InChI is InChI=1S/C16H22N2O3/c17-10-12-3-5-13(6-4-12)16(19)18-7-9-21-15(11-18)14-2-1-8-20-14/h3-6,14-15H,1-2,7-11,17H2. The number of hydrogen-bond donors (Lipinski definition) is 1. The van der Waals surface area contributed by atoms with Crippen LogP contribution < -0.4 is 5.73 Å². The van der Waals surface area contributed by atoms with Gasteiger partial charge in [0.15, 0.2) is 0 Å². The maximum atomic E-state index is 12.6. The molecule has 1 amide bonds. The Kier molecular flexibility index (Phi) is 4.53. The third-order valence-corrected chi connectivity index (χ3v) is 4.20. The summed E-state index contributed by atoms with van der Waals surface area (Å²) in [5.74, 6) is 0.0601. The van der Waals surface area contributed by atoms with Crippen molar-refractivity contribution in [1.82, 2.24) is 4.90 Å². The minimum absolute atomic E-state index is 0.00788. The van der Waals surface area contributed by atoms with E-state index in [1.165, 1.54) is 0 Å². The Labute approximate surface area is 125 Å². The van der Waals surface area contributed by atoms with Gasteiger partial charge in [-0.15, -0.1) is 0 Å². The highest BCUT2D eigenvalue weighted by atomic mass is 16.5. The lowest BCUT2D eigenvalue weighted by Gasteiger charge is -2.35. The molecule has 2 heterocycles. The Morgan fingerprint density at radius 2 is 1.95 bits per heavy atom. The number of nitrogens with zero attached hydrogens (tertiary/aromatic N) is 1. The fourth-order valence-electron chi connectivity index (χ4n) is 2.95. The predicted molar refractivity (Wildman–Crippen MR) is 79.0 cm³/mol. The molecule has 21 heavy (non-hydrogen) atoms. The molecule has 2 unspecified atom stereocenters. The molecular weight excluding hydrogens is 268 g/mol. The highest BCUT2D eigenvalue weighted by Gasteiger charge is 2.33. The van der Waals surface area contributed by atoms with Gasteiger partial charge in [-0.25, -0.2) is 0 Å². The van der Waals surface area contributed by atoms with E-state index in [-0.39, 0.29) is 18.1 Å². The first-order valence-corrected chi connectivity index (χ1v) is 7.59. The summed E-state index contributed by atoms with van der Waals surface area (Å²) in [6.45, 7) is 3.13. The average molecular weight is 290 g/mol. The Balaban J connectivity index is 1.65. The zero-order valence-electron chi connectivity index (χ0n) is 12.2. The van der Waals surface area contributed by atoms with Gasteiger partial charge in [0.05, 0.1) is 12.7 Å². The molecule has 0 aromatic heterocycles. The van der Waals surface area contributed by atoms with Gasteiger partial charge in [0, 0.05) is 31.8 Å². The fourth-order valence-corrected chi connectivity index (χ4v) is 2.95. The van der Waals surface area contributed by atoms with Crippen LogP contribution in [0, 0.1) is 0 Å². The Morgan fingerprint density at radius 1 is 1.19 bits per heavy atom. The van der Waals surface area contributed by atoms with Gasteiger partial charge in [0.2, 0.25) is 0 Å². The maximum absolute atomic E-state index is 12.6. The summed E-state index contributed by atoms with van der Waals surface area (Å²) in [4.78, 5) is 14.4. The van der Waals surface area contributed by atoms with Gasteiger partial charge in [0.1, 0.15) is 6.10 Å². The maximum Gasteiger partial charge on any atom is 0.254 e. The summed E-state index contributed by atoms with van der Waals surface area (Å²) in [5.41, 5.74) is 7.32. The average Bonchev–Trinajstić information content (AvgIpc) is 3.09. The lowest BCUT2D eigenvalue weighted by Crippen LogP contribution is -2.49. The van der Waals surface area contributed by atoms with E-state index in [0.717, 1.165) is 25.0 Å². The largest absolute Gasteiger partial charge is 0.375 e. The number of ether oxygens (including phenoxy) is 2. The topological polar surface area (TPSA) is 64.8 Å². The number of carbonyl (C=O) groups excluding carboxylic acids is 1. The van der Waals surface area contributed by atoms with Gasteiger partial charge in [-0.3, -0.25) is 4.79 Å². The lowest BCUT2D eigenvalue weighted by atomic mass is 10.1.